The van der Waals surface area contributed by atoms with E-state index in [1.807, 2.05) is 38.1 Å². The Morgan fingerprint density at radius 1 is 1.43 bits per heavy atom. The summed E-state index contributed by atoms with van der Waals surface area (Å²) in [6.45, 7) is 4.42. The van der Waals surface area contributed by atoms with Crippen LogP contribution in [0.15, 0.2) is 24.3 Å². The van der Waals surface area contributed by atoms with Gasteiger partial charge >= 0.3 is 5.97 Å². The summed E-state index contributed by atoms with van der Waals surface area (Å²) >= 11 is 0. The zero-order valence-corrected chi connectivity index (χ0v) is 12.6. The molecule has 5 nitrogen and oxygen atoms in total. The fourth-order valence-electron chi connectivity index (χ4n) is 2.66. The lowest BCUT2D eigenvalue weighted by Gasteiger charge is -2.29. The van der Waals surface area contributed by atoms with Crippen molar-refractivity contribution < 1.29 is 19.4 Å². The number of amides is 1. The lowest BCUT2D eigenvalue weighted by molar-refractivity contribution is -0.142. The van der Waals surface area contributed by atoms with Crippen molar-refractivity contribution in [2.75, 3.05) is 13.7 Å². The molecule has 0 spiro atoms. The van der Waals surface area contributed by atoms with Crippen LogP contribution in [-0.2, 0) is 9.59 Å². The van der Waals surface area contributed by atoms with Crippen molar-refractivity contribution in [3.8, 4) is 5.75 Å². The van der Waals surface area contributed by atoms with Crippen molar-refractivity contribution in [1.29, 1.82) is 0 Å². The van der Waals surface area contributed by atoms with Crippen molar-refractivity contribution >= 4 is 11.9 Å². The molecule has 114 valence electrons. The van der Waals surface area contributed by atoms with E-state index in [0.29, 0.717) is 13.0 Å². The molecule has 1 aliphatic rings. The summed E-state index contributed by atoms with van der Waals surface area (Å²) in [4.78, 5) is 25.1. The van der Waals surface area contributed by atoms with Gasteiger partial charge in [0.15, 0.2) is 0 Å². The van der Waals surface area contributed by atoms with Crippen LogP contribution in [0, 0.1) is 11.8 Å². The molecule has 1 amide bonds. The first kappa shape index (κ1) is 15.4. The molecular formula is C16H21NO4. The van der Waals surface area contributed by atoms with Crippen LogP contribution in [0.1, 0.15) is 31.9 Å². The van der Waals surface area contributed by atoms with Crippen LogP contribution in [0.5, 0.6) is 5.75 Å². The first-order valence-electron chi connectivity index (χ1n) is 7.16. The number of benzene rings is 1. The number of hydrogen-bond donors (Lipinski definition) is 1. The van der Waals surface area contributed by atoms with Gasteiger partial charge in [-0.3, -0.25) is 9.59 Å². The number of carboxylic acid groups (broad SMARTS) is 1. The molecule has 0 aromatic heterocycles. The number of ether oxygens (including phenoxy) is 1. The minimum atomic E-state index is -0.876. The maximum Gasteiger partial charge on any atom is 0.307 e. The van der Waals surface area contributed by atoms with E-state index in [2.05, 4.69) is 0 Å². The van der Waals surface area contributed by atoms with Crippen LogP contribution in [0.3, 0.4) is 0 Å². The molecule has 0 radical (unpaired) electrons. The van der Waals surface area contributed by atoms with E-state index >= 15 is 0 Å². The molecule has 21 heavy (non-hydrogen) atoms. The summed E-state index contributed by atoms with van der Waals surface area (Å²) in [5, 5.41) is 8.96. The highest BCUT2D eigenvalue weighted by Gasteiger charge is 2.50. The Balaban J connectivity index is 2.13. The lowest BCUT2D eigenvalue weighted by Crippen LogP contribution is -2.35. The fourth-order valence-corrected chi connectivity index (χ4v) is 2.66. The highest BCUT2D eigenvalue weighted by molar-refractivity contribution is 5.89. The van der Waals surface area contributed by atoms with Crippen LogP contribution in [-0.4, -0.2) is 35.5 Å². The van der Waals surface area contributed by atoms with Gasteiger partial charge in [-0.1, -0.05) is 12.1 Å². The fraction of sp³-hybridized carbons (Fsp3) is 0.500. The summed E-state index contributed by atoms with van der Waals surface area (Å²) in [5.41, 5.74) is 0.983. The SMILES string of the molecule is CCN(C(=O)C1CC1C(=O)O)C(C)c1cccc(OC)c1. The monoisotopic (exact) mass is 291 g/mol. The van der Waals surface area contributed by atoms with Crippen LogP contribution < -0.4 is 4.74 Å². The largest absolute Gasteiger partial charge is 0.497 e. The second kappa shape index (κ2) is 6.16. The van der Waals surface area contributed by atoms with Gasteiger partial charge in [0.2, 0.25) is 5.91 Å². The van der Waals surface area contributed by atoms with Crippen molar-refractivity contribution in [2.24, 2.45) is 11.8 Å². The van der Waals surface area contributed by atoms with E-state index in [0.717, 1.165) is 11.3 Å². The number of nitrogens with zero attached hydrogens (tertiary/aromatic N) is 1. The summed E-state index contributed by atoms with van der Waals surface area (Å²) in [5.74, 6) is -1.07. The summed E-state index contributed by atoms with van der Waals surface area (Å²) in [7, 11) is 1.61. The molecular weight excluding hydrogens is 270 g/mol. The Bertz CT molecular complexity index is 543. The first-order valence-corrected chi connectivity index (χ1v) is 7.16. The smallest absolute Gasteiger partial charge is 0.307 e. The molecule has 0 heterocycles. The molecule has 1 aromatic carbocycles. The Kier molecular flexibility index (Phi) is 4.50. The van der Waals surface area contributed by atoms with Gasteiger partial charge in [0.05, 0.1) is 25.0 Å². The summed E-state index contributed by atoms with van der Waals surface area (Å²) < 4.78 is 5.21. The van der Waals surface area contributed by atoms with Gasteiger partial charge in [-0.05, 0) is 38.0 Å². The number of carboxylic acids is 1. The third-order valence-electron chi connectivity index (χ3n) is 4.09. The predicted molar refractivity (Wildman–Crippen MR) is 78.0 cm³/mol. The Hall–Kier alpha value is -2.04. The van der Waals surface area contributed by atoms with E-state index in [1.165, 1.54) is 0 Å². The number of hydrogen-bond acceptors (Lipinski definition) is 3. The minimum Gasteiger partial charge on any atom is -0.497 e. The zero-order valence-electron chi connectivity index (χ0n) is 12.6. The topological polar surface area (TPSA) is 66.8 Å². The number of rotatable bonds is 6. The lowest BCUT2D eigenvalue weighted by atomic mass is 10.1. The van der Waals surface area contributed by atoms with E-state index in [9.17, 15) is 9.59 Å². The molecule has 1 fully saturated rings. The molecule has 3 atom stereocenters. The molecule has 1 aliphatic carbocycles. The Labute approximate surface area is 124 Å². The standard InChI is InChI=1S/C16H21NO4/c1-4-17(15(18)13-9-14(13)16(19)20)10(2)11-6-5-7-12(8-11)21-3/h5-8,10,13-14H,4,9H2,1-3H3,(H,19,20). The molecule has 1 aromatic rings. The minimum absolute atomic E-state index is 0.0692. The average molecular weight is 291 g/mol. The molecule has 3 unspecified atom stereocenters. The van der Waals surface area contributed by atoms with E-state index < -0.39 is 11.9 Å². The van der Waals surface area contributed by atoms with Crippen LogP contribution in [0.4, 0.5) is 0 Å². The number of aliphatic carboxylic acids is 1. The Morgan fingerprint density at radius 3 is 2.67 bits per heavy atom. The highest BCUT2D eigenvalue weighted by atomic mass is 16.5. The summed E-state index contributed by atoms with van der Waals surface area (Å²) in [6.07, 6.45) is 0.454. The van der Waals surface area contributed by atoms with E-state index in [4.69, 9.17) is 9.84 Å². The van der Waals surface area contributed by atoms with Gasteiger partial charge in [0, 0.05) is 6.54 Å². The van der Waals surface area contributed by atoms with Gasteiger partial charge in [0.1, 0.15) is 5.75 Å². The van der Waals surface area contributed by atoms with E-state index in [1.54, 1.807) is 12.0 Å². The molecule has 0 bridgehead atoms. The van der Waals surface area contributed by atoms with Crippen molar-refractivity contribution in [3.63, 3.8) is 0 Å². The molecule has 1 N–H and O–H groups in total. The van der Waals surface area contributed by atoms with Crippen molar-refractivity contribution in [1.82, 2.24) is 4.90 Å². The normalized spacial score (nSPS) is 21.5. The van der Waals surface area contributed by atoms with Gasteiger partial charge in [0.25, 0.3) is 0 Å². The number of methoxy groups -OCH3 is 1. The quantitative estimate of drug-likeness (QED) is 0.873. The van der Waals surface area contributed by atoms with Crippen LogP contribution in [0.2, 0.25) is 0 Å². The number of carbonyl (C=O) groups excluding carboxylic acids is 1. The van der Waals surface area contributed by atoms with Gasteiger partial charge in [-0.25, -0.2) is 0 Å². The van der Waals surface area contributed by atoms with Gasteiger partial charge in [-0.2, -0.15) is 0 Å². The average Bonchev–Trinajstić information content (AvgIpc) is 3.28. The molecule has 1 saturated carbocycles. The molecule has 0 aliphatic heterocycles. The van der Waals surface area contributed by atoms with E-state index in [-0.39, 0.29) is 17.9 Å². The van der Waals surface area contributed by atoms with Crippen LogP contribution >= 0.6 is 0 Å². The zero-order chi connectivity index (χ0) is 15.6. The predicted octanol–water partition coefficient (Wildman–Crippen LogP) is 2.33. The Morgan fingerprint density at radius 2 is 2.14 bits per heavy atom. The van der Waals surface area contributed by atoms with Gasteiger partial charge < -0.3 is 14.7 Å². The van der Waals surface area contributed by atoms with Crippen LogP contribution in [0.25, 0.3) is 0 Å². The molecule has 5 heteroatoms. The van der Waals surface area contributed by atoms with Crippen molar-refractivity contribution in [3.05, 3.63) is 29.8 Å². The first-order chi connectivity index (χ1) is 9.99. The highest BCUT2D eigenvalue weighted by Crippen LogP contribution is 2.41. The number of carbonyl (C=O) groups is 2. The van der Waals surface area contributed by atoms with Crippen molar-refractivity contribution in [2.45, 2.75) is 26.3 Å². The molecule has 0 saturated heterocycles. The maximum atomic E-state index is 12.5. The summed E-state index contributed by atoms with van der Waals surface area (Å²) in [6, 6.07) is 7.50. The second-order valence-corrected chi connectivity index (χ2v) is 5.36. The third kappa shape index (κ3) is 3.17. The third-order valence-corrected chi connectivity index (χ3v) is 4.09. The molecule has 2 rings (SSSR count). The van der Waals surface area contributed by atoms with Gasteiger partial charge in [-0.15, -0.1) is 0 Å². The second-order valence-electron chi connectivity index (χ2n) is 5.36. The maximum absolute atomic E-state index is 12.5.